The Hall–Kier alpha value is -3.65. The van der Waals surface area contributed by atoms with Crippen LogP contribution >= 0.6 is 0 Å². The maximum atomic E-state index is 8.93. The zero-order valence-corrected chi connectivity index (χ0v) is 16.7. The Kier molecular flexibility index (Phi) is 6.05. The Balaban J connectivity index is 1.55. The molecule has 0 amide bonds. The van der Waals surface area contributed by atoms with Crippen molar-refractivity contribution < 1.29 is 5.11 Å². The van der Waals surface area contributed by atoms with Gasteiger partial charge in [-0.15, -0.1) is 5.10 Å². The third-order valence-corrected chi connectivity index (χ3v) is 4.73. The number of aliphatic hydroxyl groups excluding tert-OH is 1. The zero-order chi connectivity index (χ0) is 20.8. The van der Waals surface area contributed by atoms with Crippen molar-refractivity contribution >= 4 is 11.6 Å². The van der Waals surface area contributed by atoms with E-state index in [4.69, 9.17) is 5.11 Å². The SMILES string of the molecule is Cc1ccc(-n2cc(CCCCO)nn2)cc1Nc1nccc(-c2cccnc2)n1. The second-order valence-electron chi connectivity index (χ2n) is 6.97. The molecule has 0 radical (unpaired) electrons. The van der Waals surface area contributed by atoms with Crippen LogP contribution in [0, 0.1) is 6.92 Å². The molecule has 152 valence electrons. The summed E-state index contributed by atoms with van der Waals surface area (Å²) in [6.45, 7) is 2.23. The molecule has 0 atom stereocenters. The van der Waals surface area contributed by atoms with E-state index in [9.17, 15) is 0 Å². The summed E-state index contributed by atoms with van der Waals surface area (Å²) in [5, 5.41) is 20.7. The standard InChI is InChI=1S/C22H23N7O/c1-16-7-8-19(29-15-18(27-28-29)6-2-3-12-30)13-21(16)26-22-24-11-9-20(25-22)17-5-4-10-23-14-17/h4-5,7-11,13-15,30H,2-3,6,12H2,1H3,(H,24,25,26). The maximum Gasteiger partial charge on any atom is 0.227 e. The van der Waals surface area contributed by atoms with Gasteiger partial charge >= 0.3 is 0 Å². The highest BCUT2D eigenvalue weighted by Gasteiger charge is 2.08. The molecule has 8 heteroatoms. The van der Waals surface area contributed by atoms with Crippen molar-refractivity contribution in [3.63, 3.8) is 0 Å². The number of anilines is 2. The Morgan fingerprint density at radius 2 is 2.03 bits per heavy atom. The minimum atomic E-state index is 0.200. The van der Waals surface area contributed by atoms with Crippen LogP contribution in [0.5, 0.6) is 0 Å². The van der Waals surface area contributed by atoms with Crippen molar-refractivity contribution in [2.24, 2.45) is 0 Å². The van der Waals surface area contributed by atoms with Crippen molar-refractivity contribution in [3.05, 3.63) is 72.4 Å². The minimum Gasteiger partial charge on any atom is -0.396 e. The number of hydrogen-bond donors (Lipinski definition) is 2. The Bertz CT molecular complexity index is 1110. The van der Waals surface area contributed by atoms with Gasteiger partial charge in [-0.3, -0.25) is 4.98 Å². The van der Waals surface area contributed by atoms with Crippen LogP contribution in [0.25, 0.3) is 16.9 Å². The van der Waals surface area contributed by atoms with Crippen LogP contribution in [0.4, 0.5) is 11.6 Å². The van der Waals surface area contributed by atoms with Gasteiger partial charge in [0.15, 0.2) is 0 Å². The average Bonchev–Trinajstić information content (AvgIpc) is 3.25. The summed E-state index contributed by atoms with van der Waals surface area (Å²) in [5.41, 5.74) is 5.51. The number of aryl methyl sites for hydroxylation is 2. The van der Waals surface area contributed by atoms with Gasteiger partial charge in [-0.1, -0.05) is 11.3 Å². The summed E-state index contributed by atoms with van der Waals surface area (Å²) >= 11 is 0. The van der Waals surface area contributed by atoms with Crippen molar-refractivity contribution in [2.75, 3.05) is 11.9 Å². The molecule has 4 rings (SSSR count). The first-order valence-corrected chi connectivity index (χ1v) is 9.86. The molecule has 30 heavy (non-hydrogen) atoms. The molecule has 0 bridgehead atoms. The molecule has 3 heterocycles. The molecule has 0 aliphatic carbocycles. The smallest absolute Gasteiger partial charge is 0.227 e. The maximum absolute atomic E-state index is 8.93. The van der Waals surface area contributed by atoms with Crippen LogP contribution in [0.2, 0.25) is 0 Å². The third-order valence-electron chi connectivity index (χ3n) is 4.73. The van der Waals surface area contributed by atoms with E-state index >= 15 is 0 Å². The van der Waals surface area contributed by atoms with Gasteiger partial charge in [-0.25, -0.2) is 14.6 Å². The normalized spacial score (nSPS) is 10.9. The van der Waals surface area contributed by atoms with Crippen LogP contribution in [-0.4, -0.2) is 41.7 Å². The van der Waals surface area contributed by atoms with E-state index in [-0.39, 0.29) is 6.61 Å². The van der Waals surface area contributed by atoms with E-state index in [0.29, 0.717) is 5.95 Å². The van der Waals surface area contributed by atoms with Crippen molar-refractivity contribution in [2.45, 2.75) is 26.2 Å². The molecule has 2 N–H and O–H groups in total. The first-order chi connectivity index (χ1) is 14.7. The van der Waals surface area contributed by atoms with Gasteiger partial charge in [0, 0.05) is 36.4 Å². The Morgan fingerprint density at radius 1 is 1.10 bits per heavy atom. The van der Waals surface area contributed by atoms with Crippen LogP contribution in [0.15, 0.2) is 61.2 Å². The third kappa shape index (κ3) is 4.66. The monoisotopic (exact) mass is 401 g/mol. The van der Waals surface area contributed by atoms with Crippen molar-refractivity contribution in [3.8, 4) is 16.9 Å². The molecule has 0 saturated carbocycles. The van der Waals surface area contributed by atoms with Gasteiger partial charge in [-0.2, -0.15) is 0 Å². The highest BCUT2D eigenvalue weighted by atomic mass is 16.2. The fourth-order valence-electron chi connectivity index (χ4n) is 3.06. The van der Waals surface area contributed by atoms with E-state index in [0.717, 1.165) is 53.2 Å². The first-order valence-electron chi connectivity index (χ1n) is 9.86. The number of rotatable bonds is 8. The lowest BCUT2D eigenvalue weighted by molar-refractivity contribution is 0.284. The van der Waals surface area contributed by atoms with E-state index in [1.807, 2.05) is 49.5 Å². The lowest BCUT2D eigenvalue weighted by atomic mass is 10.1. The van der Waals surface area contributed by atoms with E-state index in [1.165, 1.54) is 0 Å². The molecule has 0 aliphatic heterocycles. The van der Waals surface area contributed by atoms with Gasteiger partial charge in [0.05, 0.1) is 23.3 Å². The quantitative estimate of drug-likeness (QED) is 0.436. The number of nitrogens with one attached hydrogen (secondary N) is 1. The molecule has 3 aromatic heterocycles. The summed E-state index contributed by atoms with van der Waals surface area (Å²) in [5.74, 6) is 0.514. The largest absolute Gasteiger partial charge is 0.396 e. The van der Waals surface area contributed by atoms with E-state index in [1.54, 1.807) is 23.3 Å². The molecule has 0 saturated heterocycles. The molecule has 0 aliphatic rings. The van der Waals surface area contributed by atoms with Crippen LogP contribution in [-0.2, 0) is 6.42 Å². The molecule has 0 fully saturated rings. The Morgan fingerprint density at radius 3 is 2.87 bits per heavy atom. The number of hydrogen-bond acceptors (Lipinski definition) is 7. The van der Waals surface area contributed by atoms with Crippen LogP contribution in [0.1, 0.15) is 24.1 Å². The second kappa shape index (κ2) is 9.23. The fourth-order valence-corrected chi connectivity index (χ4v) is 3.06. The van der Waals surface area contributed by atoms with E-state index in [2.05, 4.69) is 30.6 Å². The fraction of sp³-hybridized carbons (Fsp3) is 0.227. The van der Waals surface area contributed by atoms with Crippen molar-refractivity contribution in [1.82, 2.24) is 29.9 Å². The van der Waals surface area contributed by atoms with Gasteiger partial charge < -0.3 is 10.4 Å². The lowest BCUT2D eigenvalue weighted by Crippen LogP contribution is -2.02. The number of nitrogens with zero attached hydrogens (tertiary/aromatic N) is 6. The summed E-state index contributed by atoms with van der Waals surface area (Å²) in [6, 6.07) is 11.7. The zero-order valence-electron chi connectivity index (χ0n) is 16.7. The predicted molar refractivity (Wildman–Crippen MR) is 115 cm³/mol. The summed E-state index contributed by atoms with van der Waals surface area (Å²) < 4.78 is 1.76. The number of benzene rings is 1. The number of aliphatic hydroxyl groups is 1. The van der Waals surface area contributed by atoms with Gasteiger partial charge in [0.25, 0.3) is 0 Å². The van der Waals surface area contributed by atoms with Gasteiger partial charge in [-0.05, 0) is 62.1 Å². The second-order valence-corrected chi connectivity index (χ2v) is 6.97. The molecule has 1 aromatic carbocycles. The number of aromatic nitrogens is 6. The summed E-state index contributed by atoms with van der Waals surface area (Å²) in [7, 11) is 0. The number of unbranched alkanes of at least 4 members (excludes halogenated alkanes) is 1. The highest BCUT2D eigenvalue weighted by Crippen LogP contribution is 2.23. The molecular formula is C22H23N7O. The van der Waals surface area contributed by atoms with Crippen LogP contribution < -0.4 is 5.32 Å². The molecule has 0 unspecified atom stereocenters. The van der Waals surface area contributed by atoms with Crippen LogP contribution in [0.3, 0.4) is 0 Å². The first kappa shape index (κ1) is 19.7. The highest BCUT2D eigenvalue weighted by molar-refractivity contribution is 5.64. The van der Waals surface area contributed by atoms with Crippen molar-refractivity contribution in [1.29, 1.82) is 0 Å². The van der Waals surface area contributed by atoms with Gasteiger partial charge in [0.1, 0.15) is 0 Å². The summed E-state index contributed by atoms with van der Waals surface area (Å²) in [4.78, 5) is 13.1. The van der Waals surface area contributed by atoms with E-state index < -0.39 is 0 Å². The Labute approximate surface area is 174 Å². The molecular weight excluding hydrogens is 378 g/mol. The number of pyridine rings is 1. The minimum absolute atomic E-state index is 0.200. The lowest BCUT2D eigenvalue weighted by Gasteiger charge is -2.11. The summed E-state index contributed by atoms with van der Waals surface area (Å²) in [6.07, 6.45) is 9.62. The molecule has 0 spiro atoms. The molecule has 8 nitrogen and oxygen atoms in total. The molecule has 4 aromatic rings. The topological polar surface area (TPSA) is 102 Å². The predicted octanol–water partition coefficient (Wildman–Crippen LogP) is 3.49. The average molecular weight is 401 g/mol. The van der Waals surface area contributed by atoms with Gasteiger partial charge in [0.2, 0.25) is 5.95 Å².